The van der Waals surface area contributed by atoms with E-state index in [0.717, 1.165) is 0 Å². The molecule has 4 rings (SSSR count). The molecule has 0 saturated heterocycles. The van der Waals surface area contributed by atoms with Gasteiger partial charge in [-0.3, -0.25) is 24.5 Å². The number of halogens is 1. The van der Waals surface area contributed by atoms with Gasteiger partial charge in [0.25, 0.3) is 15.9 Å². The Balaban J connectivity index is 1.55. The van der Waals surface area contributed by atoms with Crippen LogP contribution in [0.15, 0.2) is 91.4 Å². The molecule has 2 atom stereocenters. The van der Waals surface area contributed by atoms with Gasteiger partial charge in [-0.1, -0.05) is 48.0 Å². The molecule has 41 heavy (non-hydrogen) atoms. The van der Waals surface area contributed by atoms with Crippen LogP contribution in [0.4, 0.5) is 0 Å². The molecule has 1 amide bonds. The lowest BCUT2D eigenvalue weighted by molar-refractivity contribution is -0.138. The number of nitrogens with one attached hydrogen (secondary N) is 1. The number of nitrogens with zero attached hydrogens (tertiary/aromatic N) is 3. The van der Waals surface area contributed by atoms with E-state index in [4.69, 9.17) is 5.73 Å². The van der Waals surface area contributed by atoms with Crippen molar-refractivity contribution >= 4 is 61.3 Å². The van der Waals surface area contributed by atoms with Gasteiger partial charge in [-0.2, -0.15) is 0 Å². The van der Waals surface area contributed by atoms with Crippen LogP contribution in [0, 0.1) is 5.92 Å². The lowest BCUT2D eigenvalue weighted by Gasteiger charge is -2.20. The molecule has 2 aliphatic rings. The molecule has 1 unspecified atom stereocenters. The van der Waals surface area contributed by atoms with Crippen molar-refractivity contribution in [3.63, 3.8) is 0 Å². The number of ketones is 3. The molecule has 0 saturated carbocycles. The van der Waals surface area contributed by atoms with Crippen molar-refractivity contribution in [2.75, 3.05) is 0 Å². The minimum atomic E-state index is -4.15. The summed E-state index contributed by atoms with van der Waals surface area (Å²) in [5, 5.41) is 4.32. The maximum atomic E-state index is 13.5. The van der Waals surface area contributed by atoms with E-state index in [-0.39, 0.29) is 28.4 Å². The van der Waals surface area contributed by atoms with Gasteiger partial charge in [0.15, 0.2) is 11.8 Å². The molecular formula is C28H25BrN5O6S. The summed E-state index contributed by atoms with van der Waals surface area (Å²) < 4.78 is 27.8. The van der Waals surface area contributed by atoms with Gasteiger partial charge in [0.05, 0.1) is 22.3 Å². The summed E-state index contributed by atoms with van der Waals surface area (Å²) >= 11 is 3.22. The third-order valence-electron chi connectivity index (χ3n) is 6.30. The molecule has 1 aliphatic heterocycles. The second-order valence-corrected chi connectivity index (χ2v) is 12.1. The van der Waals surface area contributed by atoms with Gasteiger partial charge in [-0.15, -0.1) is 0 Å². The number of benzene rings is 2. The highest BCUT2D eigenvalue weighted by Gasteiger charge is 2.37. The van der Waals surface area contributed by atoms with E-state index < -0.39 is 45.4 Å². The van der Waals surface area contributed by atoms with Crippen LogP contribution in [-0.2, 0) is 19.6 Å². The van der Waals surface area contributed by atoms with Crippen molar-refractivity contribution < 1.29 is 27.6 Å². The minimum absolute atomic E-state index is 0.0143. The third-order valence-corrected chi connectivity index (χ3v) is 8.18. The van der Waals surface area contributed by atoms with Crippen molar-refractivity contribution in [2.45, 2.75) is 37.2 Å². The maximum Gasteiger partial charge on any atom is 0.264 e. The lowest BCUT2D eigenvalue weighted by Crippen LogP contribution is -2.49. The van der Waals surface area contributed by atoms with Crippen molar-refractivity contribution in [1.82, 2.24) is 10.0 Å². The number of aliphatic imine (C=N–C) groups is 2. The van der Waals surface area contributed by atoms with Gasteiger partial charge in [0.2, 0.25) is 11.6 Å². The Morgan fingerprint density at radius 3 is 2.24 bits per heavy atom. The van der Waals surface area contributed by atoms with E-state index in [1.54, 1.807) is 26.0 Å². The van der Waals surface area contributed by atoms with Crippen molar-refractivity contribution in [1.29, 1.82) is 0 Å². The van der Waals surface area contributed by atoms with Gasteiger partial charge >= 0.3 is 0 Å². The molecule has 211 valence electrons. The van der Waals surface area contributed by atoms with Gasteiger partial charge in [0, 0.05) is 27.7 Å². The zero-order chi connectivity index (χ0) is 29.9. The van der Waals surface area contributed by atoms with Gasteiger partial charge in [0.1, 0.15) is 6.34 Å². The van der Waals surface area contributed by atoms with E-state index in [9.17, 15) is 27.6 Å². The third kappa shape index (κ3) is 6.81. The number of Topliss-reactive ketones (excluding diaryl/α,β-unsaturated/α-hetero) is 3. The smallest absolute Gasteiger partial charge is 0.264 e. The Kier molecular flexibility index (Phi) is 8.90. The first-order valence-electron chi connectivity index (χ1n) is 12.4. The van der Waals surface area contributed by atoms with Crippen LogP contribution in [0.3, 0.4) is 0 Å². The van der Waals surface area contributed by atoms with Crippen molar-refractivity contribution in [2.24, 2.45) is 21.6 Å². The predicted octanol–water partition coefficient (Wildman–Crippen LogP) is 2.50. The summed E-state index contributed by atoms with van der Waals surface area (Å²) in [6.45, 7) is 3.36. The van der Waals surface area contributed by atoms with Crippen LogP contribution in [-0.4, -0.2) is 55.8 Å². The van der Waals surface area contributed by atoms with Gasteiger partial charge in [-0.05, 0) is 48.4 Å². The molecule has 13 heteroatoms. The second kappa shape index (κ2) is 12.2. The number of rotatable bonds is 11. The van der Waals surface area contributed by atoms with Crippen LogP contribution in [0.2, 0.25) is 0 Å². The van der Waals surface area contributed by atoms with Crippen LogP contribution >= 0.6 is 15.9 Å². The van der Waals surface area contributed by atoms with Crippen molar-refractivity contribution in [3.8, 4) is 0 Å². The molecule has 0 bridgehead atoms. The number of carbonyl (C=O) groups is 4. The average molecular weight is 640 g/mol. The molecule has 0 aromatic heterocycles. The minimum Gasteiger partial charge on any atom is -0.321 e. The van der Waals surface area contributed by atoms with Gasteiger partial charge < -0.3 is 5.73 Å². The van der Waals surface area contributed by atoms with E-state index in [1.807, 2.05) is 4.72 Å². The van der Waals surface area contributed by atoms with E-state index in [1.165, 1.54) is 54.9 Å². The summed E-state index contributed by atoms with van der Waals surface area (Å²) in [5.41, 5.74) is 7.37. The van der Waals surface area contributed by atoms with Crippen molar-refractivity contribution in [3.05, 3.63) is 87.7 Å². The van der Waals surface area contributed by atoms with Crippen LogP contribution < -0.4 is 15.8 Å². The molecule has 1 aliphatic carbocycles. The Morgan fingerprint density at radius 1 is 0.976 bits per heavy atom. The predicted molar refractivity (Wildman–Crippen MR) is 155 cm³/mol. The standard InChI is InChI=1S/C28H25BrN5O6S/c1-15(2)23(30)26(36)27(37)24(33-19-9-12-21-22(13-19)32-14-31-21)25(35)16-3-5-17(6-4-16)28(38)34-41(39,40)20-10-7-18(29)8-11-20/h3-8,10-15,23-24H,9,30H2,1-2H3,(H,34,38)/t23-,24?/m0/s1. The first-order chi connectivity index (χ1) is 19.4. The molecule has 0 fully saturated rings. The first kappa shape index (κ1) is 29.9. The maximum absolute atomic E-state index is 13.5. The summed E-state index contributed by atoms with van der Waals surface area (Å²) in [7, 11) is -4.15. The fourth-order valence-corrected chi connectivity index (χ4v) is 5.10. The fraction of sp³-hybridized carbons (Fsp3) is 0.214. The largest absolute Gasteiger partial charge is 0.321 e. The molecule has 2 aromatic carbocycles. The molecule has 1 radical (unpaired) electrons. The SMILES string of the molecule is CC(C)[C@H](N)C(=O)C(=O)C([N]C1=CC2=NC=NC2=CC1)C(=O)c1ccc(C(=O)NS(=O)(=O)c2ccc(Br)cc2)cc1. The number of hydrogen-bond donors (Lipinski definition) is 2. The fourth-order valence-electron chi connectivity index (χ4n) is 3.86. The summed E-state index contributed by atoms with van der Waals surface area (Å²) in [5.74, 6) is -4.03. The number of amides is 1. The zero-order valence-corrected chi connectivity index (χ0v) is 24.3. The number of sulfonamides is 1. The van der Waals surface area contributed by atoms with Crippen LogP contribution in [0.5, 0.6) is 0 Å². The monoisotopic (exact) mass is 638 g/mol. The van der Waals surface area contributed by atoms with E-state index in [0.29, 0.717) is 21.6 Å². The molecule has 3 N–H and O–H groups in total. The highest BCUT2D eigenvalue weighted by atomic mass is 79.9. The first-order valence-corrected chi connectivity index (χ1v) is 14.7. The highest BCUT2D eigenvalue weighted by Crippen LogP contribution is 2.21. The lowest BCUT2D eigenvalue weighted by atomic mass is 9.91. The Bertz CT molecular complexity index is 1640. The zero-order valence-electron chi connectivity index (χ0n) is 21.9. The van der Waals surface area contributed by atoms with E-state index in [2.05, 4.69) is 31.2 Å². The summed E-state index contributed by atoms with van der Waals surface area (Å²) in [6, 6.07) is 7.87. The van der Waals surface area contributed by atoms with Crippen LogP contribution in [0.1, 0.15) is 41.0 Å². The number of hydrogen-bond acceptors (Lipinski definition) is 9. The Morgan fingerprint density at radius 2 is 1.61 bits per heavy atom. The normalized spacial score (nSPS) is 15.7. The quantitative estimate of drug-likeness (QED) is 0.215. The number of fused-ring (bicyclic) bond motifs is 1. The molecular weight excluding hydrogens is 614 g/mol. The average Bonchev–Trinajstić information content (AvgIpc) is 3.42. The number of allylic oxidation sites excluding steroid dienone is 2. The highest BCUT2D eigenvalue weighted by molar-refractivity contribution is 9.10. The molecule has 1 heterocycles. The topological polar surface area (TPSA) is 179 Å². The van der Waals surface area contributed by atoms with Gasteiger partial charge in [-0.25, -0.2) is 23.1 Å². The molecule has 11 nitrogen and oxygen atoms in total. The number of nitrogens with two attached hydrogens (primary N) is 1. The molecule has 0 spiro atoms. The summed E-state index contributed by atoms with van der Waals surface area (Å²) in [6.07, 6.45) is 4.97. The van der Waals surface area contributed by atoms with E-state index >= 15 is 0 Å². The molecule has 2 aromatic rings. The second-order valence-electron chi connectivity index (χ2n) is 9.55. The number of carbonyl (C=O) groups excluding carboxylic acids is 4. The Labute approximate surface area is 244 Å². The summed E-state index contributed by atoms with van der Waals surface area (Å²) in [4.78, 5) is 60.3. The van der Waals surface area contributed by atoms with Crippen LogP contribution in [0.25, 0.3) is 0 Å². The Hall–Kier alpha value is -4.07.